The predicted molar refractivity (Wildman–Crippen MR) is 54.5 cm³/mol. The van der Waals surface area contributed by atoms with Crippen LogP contribution in [0.2, 0.25) is 17.3 Å². The molecule has 0 aliphatic heterocycles. The summed E-state index contributed by atoms with van der Waals surface area (Å²) in [6.07, 6.45) is 9.67. The van der Waals surface area contributed by atoms with Gasteiger partial charge in [-0.1, -0.05) is 0 Å². The molecule has 0 saturated heterocycles. The van der Waals surface area contributed by atoms with Crippen LogP contribution in [-0.4, -0.2) is 13.3 Å². The van der Waals surface area contributed by atoms with Crippen molar-refractivity contribution in [2.24, 2.45) is 0 Å². The van der Waals surface area contributed by atoms with E-state index < -0.39 is 13.3 Å². The van der Waals surface area contributed by atoms with Crippen molar-refractivity contribution >= 4 is 13.3 Å². The zero-order valence-electron chi connectivity index (χ0n) is 8.11. The van der Waals surface area contributed by atoms with Crippen LogP contribution < -0.4 is 0 Å². The Kier molecular flexibility index (Phi) is 3.23. The molecule has 1 aliphatic carbocycles. The number of hydrogen-bond donors (Lipinski definition) is 0. The van der Waals surface area contributed by atoms with Gasteiger partial charge in [-0.3, -0.25) is 0 Å². The van der Waals surface area contributed by atoms with Gasteiger partial charge in [-0.15, -0.1) is 0 Å². The number of hydrogen-bond acceptors (Lipinski definition) is 0. The average molecular weight is 213 g/mol. The molecule has 0 atom stereocenters. The first kappa shape index (κ1) is 9.37. The van der Waals surface area contributed by atoms with E-state index in [1.54, 1.807) is 0 Å². The topological polar surface area (TPSA) is 0 Å². The van der Waals surface area contributed by atoms with E-state index in [1.165, 1.54) is 32.1 Å². The monoisotopic (exact) mass is 214 g/mol. The first-order chi connectivity index (χ1) is 5.11. The first-order valence-electron chi connectivity index (χ1n) is 4.80. The molecular formula is C10H20Ge. The quantitative estimate of drug-likeness (QED) is 0.581. The Balaban J connectivity index is 2.61. The van der Waals surface area contributed by atoms with E-state index in [0.717, 1.165) is 0 Å². The van der Waals surface area contributed by atoms with Gasteiger partial charge in [0, 0.05) is 0 Å². The van der Waals surface area contributed by atoms with Crippen LogP contribution >= 0.6 is 0 Å². The molecule has 0 heterocycles. The van der Waals surface area contributed by atoms with Gasteiger partial charge in [0.25, 0.3) is 0 Å². The molecule has 64 valence electrons. The standard InChI is InChI=1S/C10H20Ge/c1-11(2,3)10-8-6-4-5-7-9-10/h8H,4-7,9H2,1-3H3. The number of rotatable bonds is 1. The molecule has 0 nitrogen and oxygen atoms in total. The van der Waals surface area contributed by atoms with Crippen LogP contribution in [-0.2, 0) is 0 Å². The van der Waals surface area contributed by atoms with Gasteiger partial charge in [-0.25, -0.2) is 0 Å². The van der Waals surface area contributed by atoms with Crippen molar-refractivity contribution in [2.45, 2.75) is 49.4 Å². The molecule has 0 aromatic heterocycles. The van der Waals surface area contributed by atoms with Crippen molar-refractivity contribution in [2.75, 3.05) is 0 Å². The molecule has 0 N–H and O–H groups in total. The molecule has 0 radical (unpaired) electrons. The molecule has 1 aliphatic rings. The van der Waals surface area contributed by atoms with E-state index in [2.05, 4.69) is 23.3 Å². The third-order valence-electron chi connectivity index (χ3n) is 2.50. The van der Waals surface area contributed by atoms with Gasteiger partial charge in [-0.05, 0) is 0 Å². The van der Waals surface area contributed by atoms with E-state index in [4.69, 9.17) is 0 Å². The van der Waals surface area contributed by atoms with Gasteiger partial charge in [-0.2, -0.15) is 0 Å². The molecule has 0 bridgehead atoms. The zero-order chi connectivity index (χ0) is 8.32. The van der Waals surface area contributed by atoms with Gasteiger partial charge in [0.2, 0.25) is 0 Å². The van der Waals surface area contributed by atoms with Crippen LogP contribution in [0.25, 0.3) is 0 Å². The summed E-state index contributed by atoms with van der Waals surface area (Å²) in [6.45, 7) is 0. The summed E-state index contributed by atoms with van der Waals surface area (Å²) < 4.78 is 1.86. The van der Waals surface area contributed by atoms with Crippen LogP contribution in [0.3, 0.4) is 0 Å². The Morgan fingerprint density at radius 3 is 2.45 bits per heavy atom. The molecule has 1 rings (SSSR count). The Morgan fingerprint density at radius 1 is 1.09 bits per heavy atom. The molecule has 11 heavy (non-hydrogen) atoms. The average Bonchev–Trinajstić information content (AvgIpc) is 2.10. The number of allylic oxidation sites excluding steroid dienone is 2. The fourth-order valence-corrected chi connectivity index (χ4v) is 5.23. The van der Waals surface area contributed by atoms with Crippen molar-refractivity contribution in [3.8, 4) is 0 Å². The summed E-state index contributed by atoms with van der Waals surface area (Å²) in [5.74, 6) is 7.53. The SMILES string of the molecule is [CH3][Ge]([CH3])([CH3])[C]1=CCCCCC1. The maximum atomic E-state index is 2.55. The summed E-state index contributed by atoms with van der Waals surface area (Å²) in [7, 11) is 0. The van der Waals surface area contributed by atoms with E-state index >= 15 is 0 Å². The van der Waals surface area contributed by atoms with Gasteiger partial charge in [0.15, 0.2) is 0 Å². The summed E-state index contributed by atoms with van der Waals surface area (Å²) >= 11 is -1.40. The minimum absolute atomic E-state index is 1.36. The van der Waals surface area contributed by atoms with Crippen molar-refractivity contribution in [1.29, 1.82) is 0 Å². The van der Waals surface area contributed by atoms with E-state index in [-0.39, 0.29) is 0 Å². The van der Waals surface area contributed by atoms with E-state index in [0.29, 0.717) is 0 Å². The Morgan fingerprint density at radius 2 is 1.82 bits per heavy atom. The second-order valence-electron chi connectivity index (χ2n) is 4.58. The summed E-state index contributed by atoms with van der Waals surface area (Å²) in [4.78, 5) is 0. The van der Waals surface area contributed by atoms with Crippen LogP contribution in [0.4, 0.5) is 0 Å². The second kappa shape index (κ2) is 3.79. The van der Waals surface area contributed by atoms with Crippen LogP contribution in [0.5, 0.6) is 0 Å². The molecule has 0 amide bonds. The molecule has 0 spiro atoms. The van der Waals surface area contributed by atoms with Gasteiger partial charge in [0.05, 0.1) is 0 Å². The molecule has 1 heteroatoms. The van der Waals surface area contributed by atoms with Crippen molar-refractivity contribution in [3.63, 3.8) is 0 Å². The van der Waals surface area contributed by atoms with Gasteiger partial charge >= 0.3 is 73.1 Å². The molecule has 0 aromatic carbocycles. The molecule has 0 fully saturated rings. The molecule has 0 aromatic rings. The fraction of sp³-hybridized carbons (Fsp3) is 0.800. The molecular weight excluding hydrogens is 193 g/mol. The van der Waals surface area contributed by atoms with Crippen molar-refractivity contribution in [3.05, 3.63) is 10.5 Å². The normalized spacial score (nSPS) is 20.8. The van der Waals surface area contributed by atoms with Gasteiger partial charge in [0.1, 0.15) is 0 Å². The zero-order valence-corrected chi connectivity index (χ0v) is 10.2. The first-order valence-corrected chi connectivity index (χ1v) is 12.1. The van der Waals surface area contributed by atoms with Crippen LogP contribution in [0.1, 0.15) is 32.1 Å². The molecule has 0 saturated carbocycles. The minimum atomic E-state index is -1.40. The second-order valence-corrected chi connectivity index (χ2v) is 15.4. The van der Waals surface area contributed by atoms with Crippen LogP contribution in [0, 0.1) is 0 Å². The summed E-state index contributed by atoms with van der Waals surface area (Å²) in [5, 5.41) is 0. The van der Waals surface area contributed by atoms with E-state index in [9.17, 15) is 0 Å². The maximum absolute atomic E-state index is 2.55. The van der Waals surface area contributed by atoms with Crippen molar-refractivity contribution < 1.29 is 0 Å². The Hall–Kier alpha value is 0.283. The summed E-state index contributed by atoms with van der Waals surface area (Å²) in [6, 6.07) is 0. The van der Waals surface area contributed by atoms with Crippen molar-refractivity contribution in [1.82, 2.24) is 0 Å². The Bertz CT molecular complexity index is 151. The predicted octanol–water partition coefficient (Wildman–Crippen LogP) is 3.75. The summed E-state index contributed by atoms with van der Waals surface area (Å²) in [5.41, 5.74) is 0. The third kappa shape index (κ3) is 3.02. The van der Waals surface area contributed by atoms with Crippen LogP contribution in [0.15, 0.2) is 10.5 Å². The fourth-order valence-electron chi connectivity index (χ4n) is 1.70. The third-order valence-corrected chi connectivity index (χ3v) is 7.50. The van der Waals surface area contributed by atoms with Gasteiger partial charge < -0.3 is 0 Å². The van der Waals surface area contributed by atoms with E-state index in [1.807, 2.05) is 4.41 Å². The molecule has 0 unspecified atom stereocenters. The Labute approximate surface area is 73.4 Å².